The number of nitrogens with one attached hydrogen (secondary N) is 1. The summed E-state index contributed by atoms with van der Waals surface area (Å²) < 4.78 is 2.21. The number of aromatic nitrogens is 2. The number of imidazole rings is 1. The molecule has 1 saturated carbocycles. The summed E-state index contributed by atoms with van der Waals surface area (Å²) in [6, 6.07) is 0. The third-order valence-electron chi connectivity index (χ3n) is 4.74. The van der Waals surface area contributed by atoms with E-state index < -0.39 is 5.54 Å². The molecule has 1 aliphatic carbocycles. The van der Waals surface area contributed by atoms with Crippen LogP contribution in [-0.4, -0.2) is 27.5 Å². The Morgan fingerprint density at radius 3 is 3.00 bits per heavy atom. The van der Waals surface area contributed by atoms with E-state index in [0.29, 0.717) is 11.8 Å². The fourth-order valence-corrected chi connectivity index (χ4v) is 3.73. The van der Waals surface area contributed by atoms with Crippen LogP contribution in [0.15, 0.2) is 12.4 Å². The fourth-order valence-electron chi connectivity index (χ4n) is 3.73. The largest absolute Gasteiger partial charge is 0.368 e. The standard InChI is InChI=1S/C16H28N4O/c1-4-19-16(15(17)21)8-5-6-13(16)7-10-20-11-9-18-14(20)12(2)3/h9,11-13,19H,4-8,10H2,1-3H3,(H2,17,21). The fraction of sp³-hybridized carbons (Fsp3) is 0.750. The maximum absolute atomic E-state index is 12.0. The molecule has 1 amide bonds. The number of hydrogen-bond acceptors (Lipinski definition) is 3. The molecule has 3 N–H and O–H groups in total. The third-order valence-corrected chi connectivity index (χ3v) is 4.74. The van der Waals surface area contributed by atoms with Crippen LogP contribution in [0.4, 0.5) is 0 Å². The summed E-state index contributed by atoms with van der Waals surface area (Å²) in [5.41, 5.74) is 5.21. The molecule has 5 nitrogen and oxygen atoms in total. The van der Waals surface area contributed by atoms with Gasteiger partial charge in [-0.2, -0.15) is 0 Å². The Labute approximate surface area is 127 Å². The molecule has 0 bridgehead atoms. The van der Waals surface area contributed by atoms with E-state index in [0.717, 1.165) is 44.6 Å². The minimum atomic E-state index is -0.507. The maximum Gasteiger partial charge on any atom is 0.238 e. The summed E-state index contributed by atoms with van der Waals surface area (Å²) in [5.74, 6) is 1.65. The van der Waals surface area contributed by atoms with Crippen LogP contribution in [-0.2, 0) is 11.3 Å². The molecule has 1 aromatic rings. The van der Waals surface area contributed by atoms with Crippen molar-refractivity contribution in [3.05, 3.63) is 18.2 Å². The lowest BCUT2D eigenvalue weighted by Crippen LogP contribution is -2.58. The number of amides is 1. The van der Waals surface area contributed by atoms with Gasteiger partial charge in [0.15, 0.2) is 0 Å². The first kappa shape index (κ1) is 16.0. The van der Waals surface area contributed by atoms with Crippen LogP contribution in [0, 0.1) is 5.92 Å². The minimum absolute atomic E-state index is 0.193. The number of primary amides is 1. The molecular weight excluding hydrogens is 264 g/mol. The van der Waals surface area contributed by atoms with E-state index in [4.69, 9.17) is 5.73 Å². The molecule has 0 aliphatic heterocycles. The number of hydrogen-bond donors (Lipinski definition) is 2. The van der Waals surface area contributed by atoms with Gasteiger partial charge in [0.2, 0.25) is 5.91 Å². The number of carbonyl (C=O) groups excluding carboxylic acids is 1. The van der Waals surface area contributed by atoms with E-state index in [1.54, 1.807) is 0 Å². The first-order valence-corrected chi connectivity index (χ1v) is 8.07. The van der Waals surface area contributed by atoms with Crippen molar-refractivity contribution in [3.63, 3.8) is 0 Å². The number of nitrogens with two attached hydrogens (primary N) is 1. The van der Waals surface area contributed by atoms with Crippen molar-refractivity contribution < 1.29 is 4.79 Å². The molecule has 118 valence electrons. The molecule has 0 spiro atoms. The Bertz CT molecular complexity index is 482. The van der Waals surface area contributed by atoms with Gasteiger partial charge in [0.05, 0.1) is 0 Å². The number of aryl methyl sites for hydroxylation is 1. The molecule has 2 rings (SSSR count). The summed E-state index contributed by atoms with van der Waals surface area (Å²) in [6.45, 7) is 8.02. The van der Waals surface area contributed by atoms with E-state index in [1.807, 2.05) is 19.3 Å². The molecule has 5 heteroatoms. The van der Waals surface area contributed by atoms with Crippen molar-refractivity contribution in [2.45, 2.75) is 64.5 Å². The zero-order valence-electron chi connectivity index (χ0n) is 13.4. The second kappa shape index (κ2) is 6.60. The number of carbonyl (C=O) groups is 1. The molecule has 1 aromatic heterocycles. The van der Waals surface area contributed by atoms with E-state index >= 15 is 0 Å². The molecule has 1 aliphatic rings. The van der Waals surface area contributed by atoms with Crippen LogP contribution in [0.5, 0.6) is 0 Å². The van der Waals surface area contributed by atoms with Gasteiger partial charge in [-0.15, -0.1) is 0 Å². The average Bonchev–Trinajstić information content (AvgIpc) is 3.03. The zero-order valence-corrected chi connectivity index (χ0v) is 13.4. The van der Waals surface area contributed by atoms with Crippen LogP contribution in [0.2, 0.25) is 0 Å². The Hall–Kier alpha value is -1.36. The topological polar surface area (TPSA) is 72.9 Å². The Kier molecular flexibility index (Phi) is 5.04. The zero-order chi connectivity index (χ0) is 15.5. The van der Waals surface area contributed by atoms with E-state index in [-0.39, 0.29) is 5.91 Å². The van der Waals surface area contributed by atoms with Crippen molar-refractivity contribution in [2.75, 3.05) is 6.54 Å². The molecule has 0 saturated heterocycles. The predicted octanol–water partition coefficient (Wildman–Crippen LogP) is 2.03. The van der Waals surface area contributed by atoms with E-state index in [1.165, 1.54) is 0 Å². The Morgan fingerprint density at radius 2 is 2.38 bits per heavy atom. The summed E-state index contributed by atoms with van der Waals surface area (Å²) in [7, 11) is 0. The van der Waals surface area contributed by atoms with E-state index in [9.17, 15) is 4.79 Å². The van der Waals surface area contributed by atoms with Crippen LogP contribution in [0.25, 0.3) is 0 Å². The summed E-state index contributed by atoms with van der Waals surface area (Å²) in [6.07, 6.45) is 7.86. The molecule has 21 heavy (non-hydrogen) atoms. The highest BCUT2D eigenvalue weighted by atomic mass is 16.1. The number of nitrogens with zero attached hydrogens (tertiary/aromatic N) is 2. The summed E-state index contributed by atoms with van der Waals surface area (Å²) in [5, 5.41) is 3.38. The maximum atomic E-state index is 12.0. The lowest BCUT2D eigenvalue weighted by atomic mass is 9.83. The first-order valence-electron chi connectivity index (χ1n) is 8.07. The average molecular weight is 292 g/mol. The van der Waals surface area contributed by atoms with E-state index in [2.05, 4.69) is 28.7 Å². The smallest absolute Gasteiger partial charge is 0.238 e. The monoisotopic (exact) mass is 292 g/mol. The van der Waals surface area contributed by atoms with Gasteiger partial charge in [0.1, 0.15) is 11.4 Å². The predicted molar refractivity (Wildman–Crippen MR) is 83.9 cm³/mol. The molecular formula is C16H28N4O. The van der Waals surface area contributed by atoms with Crippen molar-refractivity contribution in [2.24, 2.45) is 11.7 Å². The molecule has 2 atom stereocenters. The number of likely N-dealkylation sites (N-methyl/N-ethyl adjacent to an activating group) is 1. The van der Waals surface area contributed by atoms with Crippen LogP contribution < -0.4 is 11.1 Å². The normalized spacial score (nSPS) is 25.6. The second-order valence-corrected chi connectivity index (χ2v) is 6.38. The quantitative estimate of drug-likeness (QED) is 0.807. The second-order valence-electron chi connectivity index (χ2n) is 6.38. The summed E-state index contributed by atoms with van der Waals surface area (Å²) >= 11 is 0. The molecule has 0 radical (unpaired) electrons. The Morgan fingerprint density at radius 1 is 1.62 bits per heavy atom. The molecule has 1 heterocycles. The van der Waals surface area contributed by atoms with Gasteiger partial charge in [-0.3, -0.25) is 4.79 Å². The Balaban J connectivity index is 2.07. The molecule has 2 unspecified atom stereocenters. The van der Waals surface area contributed by atoms with Gasteiger partial charge in [-0.25, -0.2) is 4.98 Å². The highest BCUT2D eigenvalue weighted by Crippen LogP contribution is 2.38. The highest BCUT2D eigenvalue weighted by molar-refractivity contribution is 5.85. The SMILES string of the molecule is CCNC1(C(N)=O)CCCC1CCn1ccnc1C(C)C. The minimum Gasteiger partial charge on any atom is -0.368 e. The van der Waals surface area contributed by atoms with Crippen molar-refractivity contribution in [3.8, 4) is 0 Å². The van der Waals surface area contributed by atoms with Gasteiger partial charge in [-0.05, 0) is 31.7 Å². The van der Waals surface area contributed by atoms with Gasteiger partial charge >= 0.3 is 0 Å². The lowest BCUT2D eigenvalue weighted by molar-refractivity contribution is -0.126. The highest BCUT2D eigenvalue weighted by Gasteiger charge is 2.46. The van der Waals surface area contributed by atoms with Crippen molar-refractivity contribution in [1.82, 2.24) is 14.9 Å². The van der Waals surface area contributed by atoms with Gasteiger partial charge in [0.25, 0.3) is 0 Å². The molecule has 1 fully saturated rings. The third kappa shape index (κ3) is 3.12. The van der Waals surface area contributed by atoms with Gasteiger partial charge in [0, 0.05) is 24.9 Å². The van der Waals surface area contributed by atoms with Gasteiger partial charge in [-0.1, -0.05) is 27.2 Å². The van der Waals surface area contributed by atoms with Crippen LogP contribution in [0.3, 0.4) is 0 Å². The van der Waals surface area contributed by atoms with Crippen molar-refractivity contribution >= 4 is 5.91 Å². The van der Waals surface area contributed by atoms with Crippen molar-refractivity contribution in [1.29, 1.82) is 0 Å². The van der Waals surface area contributed by atoms with Crippen LogP contribution >= 0.6 is 0 Å². The number of rotatable bonds is 7. The lowest BCUT2D eigenvalue weighted by Gasteiger charge is -2.33. The first-order chi connectivity index (χ1) is 10.0. The summed E-state index contributed by atoms with van der Waals surface area (Å²) in [4.78, 5) is 16.4. The van der Waals surface area contributed by atoms with Crippen LogP contribution in [0.1, 0.15) is 58.2 Å². The molecule has 0 aromatic carbocycles. The van der Waals surface area contributed by atoms with Gasteiger partial charge < -0.3 is 15.6 Å².